The van der Waals surface area contributed by atoms with Crippen molar-refractivity contribution in [1.29, 1.82) is 0 Å². The molecule has 4 nitrogen and oxygen atoms in total. The molecule has 4 heteroatoms. The summed E-state index contributed by atoms with van der Waals surface area (Å²) >= 11 is 0. The van der Waals surface area contributed by atoms with Gasteiger partial charge in [0, 0.05) is 12.0 Å². The van der Waals surface area contributed by atoms with Crippen LogP contribution in [0.2, 0.25) is 0 Å². The quantitative estimate of drug-likeness (QED) is 0.747. The molecule has 4 N–H and O–H groups in total. The summed E-state index contributed by atoms with van der Waals surface area (Å²) in [5, 5.41) is 12.4. The molecule has 1 aromatic carbocycles. The summed E-state index contributed by atoms with van der Waals surface area (Å²) in [5.74, 6) is -0.0469. The first kappa shape index (κ1) is 16.0. The second kappa shape index (κ2) is 7.57. The van der Waals surface area contributed by atoms with E-state index in [-0.39, 0.29) is 24.1 Å². The van der Waals surface area contributed by atoms with Gasteiger partial charge in [0.1, 0.15) is 0 Å². The first-order valence-corrected chi connectivity index (χ1v) is 7.84. The normalized spacial score (nSPS) is 19.0. The fourth-order valence-electron chi connectivity index (χ4n) is 3.09. The van der Waals surface area contributed by atoms with Gasteiger partial charge in [-0.2, -0.15) is 0 Å². The van der Waals surface area contributed by atoms with Crippen molar-refractivity contribution in [2.24, 2.45) is 5.73 Å². The molecule has 0 spiro atoms. The third-order valence-corrected chi connectivity index (χ3v) is 4.27. The van der Waals surface area contributed by atoms with Gasteiger partial charge in [-0.15, -0.1) is 0 Å². The molecule has 1 aliphatic rings. The summed E-state index contributed by atoms with van der Waals surface area (Å²) < 4.78 is 0. The first-order chi connectivity index (χ1) is 10.1. The number of nitrogens with two attached hydrogens (primary N) is 1. The van der Waals surface area contributed by atoms with Gasteiger partial charge in [0.15, 0.2) is 0 Å². The number of aliphatic hydroxyl groups excluding tert-OH is 1. The lowest BCUT2D eigenvalue weighted by Gasteiger charge is -2.33. The Kier molecular flexibility index (Phi) is 5.76. The van der Waals surface area contributed by atoms with Gasteiger partial charge in [-0.1, -0.05) is 49.6 Å². The van der Waals surface area contributed by atoms with E-state index in [9.17, 15) is 9.90 Å². The first-order valence-electron chi connectivity index (χ1n) is 7.84. The average molecular weight is 290 g/mol. The molecule has 1 amide bonds. The zero-order chi connectivity index (χ0) is 15.1. The molecule has 1 unspecified atom stereocenters. The van der Waals surface area contributed by atoms with Crippen molar-refractivity contribution in [3.63, 3.8) is 0 Å². The van der Waals surface area contributed by atoms with E-state index in [1.54, 1.807) is 0 Å². The highest BCUT2D eigenvalue weighted by atomic mass is 16.3. The largest absolute Gasteiger partial charge is 0.394 e. The molecule has 1 aliphatic carbocycles. The highest BCUT2D eigenvalue weighted by Gasteiger charge is 2.30. The summed E-state index contributed by atoms with van der Waals surface area (Å²) in [6, 6.07) is 9.63. The Labute approximate surface area is 126 Å². The molecule has 21 heavy (non-hydrogen) atoms. The number of rotatable bonds is 6. The summed E-state index contributed by atoms with van der Waals surface area (Å²) in [4.78, 5) is 12.2. The molecule has 0 aromatic heterocycles. The maximum Gasteiger partial charge on any atom is 0.222 e. The molecule has 1 atom stereocenters. The number of carbonyl (C=O) groups is 1. The molecule has 1 saturated carbocycles. The van der Waals surface area contributed by atoms with E-state index in [0.29, 0.717) is 12.8 Å². The van der Waals surface area contributed by atoms with E-state index in [4.69, 9.17) is 5.73 Å². The van der Waals surface area contributed by atoms with Crippen LogP contribution in [0.3, 0.4) is 0 Å². The van der Waals surface area contributed by atoms with Crippen LogP contribution in [-0.2, 0) is 11.2 Å². The predicted octanol–water partition coefficient (Wildman–Crippen LogP) is 1.76. The van der Waals surface area contributed by atoms with E-state index in [1.807, 2.05) is 30.3 Å². The van der Waals surface area contributed by atoms with Crippen molar-refractivity contribution in [3.8, 4) is 0 Å². The van der Waals surface area contributed by atoms with Crippen molar-refractivity contribution in [3.05, 3.63) is 35.9 Å². The molecule has 0 heterocycles. The van der Waals surface area contributed by atoms with Crippen LogP contribution in [0.25, 0.3) is 0 Å². The zero-order valence-corrected chi connectivity index (χ0v) is 12.6. The van der Waals surface area contributed by atoms with Crippen LogP contribution >= 0.6 is 0 Å². The van der Waals surface area contributed by atoms with Crippen molar-refractivity contribution in [2.75, 3.05) is 6.61 Å². The van der Waals surface area contributed by atoms with E-state index >= 15 is 0 Å². The molecule has 0 aliphatic heterocycles. The van der Waals surface area contributed by atoms with Gasteiger partial charge in [-0.3, -0.25) is 4.79 Å². The topological polar surface area (TPSA) is 75.4 Å². The fraction of sp³-hybridized carbons (Fsp3) is 0.588. The second-order valence-corrected chi connectivity index (χ2v) is 6.24. The SMILES string of the molecule is NC1(CC(=O)NC(CO)Cc2ccccc2)CCCCC1. The van der Waals surface area contributed by atoms with E-state index in [1.165, 1.54) is 6.42 Å². The molecule has 116 valence electrons. The Morgan fingerprint density at radius 1 is 1.24 bits per heavy atom. The van der Waals surface area contributed by atoms with Crippen LogP contribution in [0.5, 0.6) is 0 Å². The lowest BCUT2D eigenvalue weighted by molar-refractivity contribution is -0.123. The highest BCUT2D eigenvalue weighted by Crippen LogP contribution is 2.28. The van der Waals surface area contributed by atoms with Crippen LogP contribution in [0, 0.1) is 0 Å². The standard InChI is InChI=1S/C17H26N2O2/c18-17(9-5-2-6-10-17)12-16(21)19-15(13-20)11-14-7-3-1-4-8-14/h1,3-4,7-8,15,20H,2,5-6,9-13,18H2,(H,19,21). The predicted molar refractivity (Wildman–Crippen MR) is 83.8 cm³/mol. The summed E-state index contributed by atoms with van der Waals surface area (Å²) in [6.07, 6.45) is 6.27. The van der Waals surface area contributed by atoms with Crippen LogP contribution in [0.1, 0.15) is 44.1 Å². The lowest BCUT2D eigenvalue weighted by Crippen LogP contribution is -2.48. The molecule has 0 saturated heterocycles. The second-order valence-electron chi connectivity index (χ2n) is 6.24. The molecule has 0 bridgehead atoms. The molecular formula is C17H26N2O2. The number of hydrogen-bond donors (Lipinski definition) is 3. The third-order valence-electron chi connectivity index (χ3n) is 4.27. The summed E-state index contributed by atoms with van der Waals surface area (Å²) in [7, 11) is 0. The number of hydrogen-bond acceptors (Lipinski definition) is 3. The average Bonchev–Trinajstić information content (AvgIpc) is 2.47. The maximum absolute atomic E-state index is 12.2. The van der Waals surface area contributed by atoms with Gasteiger partial charge >= 0.3 is 0 Å². The Hall–Kier alpha value is -1.39. The lowest BCUT2D eigenvalue weighted by atomic mass is 9.80. The third kappa shape index (κ3) is 5.14. The van der Waals surface area contributed by atoms with Crippen LogP contribution in [0.4, 0.5) is 0 Å². The van der Waals surface area contributed by atoms with Crippen molar-refractivity contribution >= 4 is 5.91 Å². The smallest absolute Gasteiger partial charge is 0.222 e. The van der Waals surface area contributed by atoms with Crippen LogP contribution < -0.4 is 11.1 Å². The monoisotopic (exact) mass is 290 g/mol. The number of amides is 1. The Morgan fingerprint density at radius 3 is 2.52 bits per heavy atom. The summed E-state index contributed by atoms with van der Waals surface area (Å²) in [5.41, 5.74) is 7.06. The molecule has 1 fully saturated rings. The van der Waals surface area contributed by atoms with E-state index < -0.39 is 0 Å². The van der Waals surface area contributed by atoms with Gasteiger partial charge in [0.05, 0.1) is 12.6 Å². The fourth-order valence-corrected chi connectivity index (χ4v) is 3.09. The Bertz CT molecular complexity index is 441. The van der Waals surface area contributed by atoms with Gasteiger partial charge in [-0.05, 0) is 24.8 Å². The van der Waals surface area contributed by atoms with Gasteiger partial charge in [-0.25, -0.2) is 0 Å². The number of aliphatic hydroxyl groups is 1. The van der Waals surface area contributed by atoms with Gasteiger partial charge < -0.3 is 16.2 Å². The maximum atomic E-state index is 12.2. The molecular weight excluding hydrogens is 264 g/mol. The minimum absolute atomic E-state index is 0.0469. The van der Waals surface area contributed by atoms with Crippen LogP contribution in [-0.4, -0.2) is 29.2 Å². The van der Waals surface area contributed by atoms with Crippen molar-refractivity contribution in [2.45, 2.75) is 56.5 Å². The van der Waals surface area contributed by atoms with Crippen LogP contribution in [0.15, 0.2) is 30.3 Å². The van der Waals surface area contributed by atoms with Gasteiger partial charge in [0.2, 0.25) is 5.91 Å². The van der Waals surface area contributed by atoms with E-state index in [2.05, 4.69) is 5.32 Å². The zero-order valence-electron chi connectivity index (χ0n) is 12.6. The molecule has 1 aromatic rings. The van der Waals surface area contributed by atoms with Crippen molar-refractivity contribution < 1.29 is 9.90 Å². The minimum Gasteiger partial charge on any atom is -0.394 e. The summed E-state index contributed by atoms with van der Waals surface area (Å²) in [6.45, 7) is -0.0573. The molecule has 0 radical (unpaired) electrons. The van der Waals surface area contributed by atoms with Crippen molar-refractivity contribution in [1.82, 2.24) is 5.32 Å². The number of nitrogens with one attached hydrogen (secondary N) is 1. The minimum atomic E-state index is -0.352. The van der Waals surface area contributed by atoms with E-state index in [0.717, 1.165) is 31.2 Å². The Morgan fingerprint density at radius 2 is 1.90 bits per heavy atom. The highest BCUT2D eigenvalue weighted by molar-refractivity contribution is 5.77. The number of benzene rings is 1. The molecule has 2 rings (SSSR count). The van der Waals surface area contributed by atoms with Gasteiger partial charge in [0.25, 0.3) is 0 Å². The number of carbonyl (C=O) groups excluding carboxylic acids is 1. The Balaban J connectivity index is 1.84.